The van der Waals surface area contributed by atoms with Gasteiger partial charge in [-0.2, -0.15) is 0 Å². The molecule has 0 aromatic heterocycles. The van der Waals surface area contributed by atoms with Gasteiger partial charge in [0.25, 0.3) is 10.0 Å². The fraction of sp³-hybridized carbons (Fsp3) is 0. The molecule has 0 radical (unpaired) electrons. The summed E-state index contributed by atoms with van der Waals surface area (Å²) in [6, 6.07) is 7.25. The van der Waals surface area contributed by atoms with Crippen molar-refractivity contribution in [1.29, 1.82) is 0 Å². The van der Waals surface area contributed by atoms with Crippen LogP contribution in [-0.4, -0.2) is 8.42 Å². The molecule has 0 saturated carbocycles. The van der Waals surface area contributed by atoms with Gasteiger partial charge in [-0.05, 0) is 12.1 Å². The highest BCUT2D eigenvalue weighted by molar-refractivity contribution is 7.92. The molecule has 0 heterocycles. The van der Waals surface area contributed by atoms with Gasteiger partial charge in [0.05, 0.1) is 10.7 Å². The second kappa shape index (κ2) is 5.84. The van der Waals surface area contributed by atoms with E-state index in [2.05, 4.69) is 5.43 Å². The van der Waals surface area contributed by atoms with Crippen LogP contribution in [0.2, 0.25) is 5.02 Å². The van der Waals surface area contributed by atoms with Crippen molar-refractivity contribution in [3.8, 4) is 0 Å². The molecule has 0 saturated heterocycles. The summed E-state index contributed by atoms with van der Waals surface area (Å²) in [6.45, 7) is 0. The van der Waals surface area contributed by atoms with E-state index in [1.54, 1.807) is 0 Å². The normalized spacial score (nSPS) is 11.2. The smallest absolute Gasteiger partial charge is 0.263 e. The Hall–Kier alpha value is -1.90. The minimum absolute atomic E-state index is 0.0364. The molecule has 112 valence electrons. The van der Waals surface area contributed by atoms with Crippen LogP contribution in [0.3, 0.4) is 0 Å². The number of nitrogens with two attached hydrogens (primary N) is 1. The molecule has 0 bridgehead atoms. The van der Waals surface area contributed by atoms with Gasteiger partial charge in [-0.15, -0.1) is 0 Å². The van der Waals surface area contributed by atoms with E-state index in [0.717, 1.165) is 12.1 Å². The SMILES string of the molecule is NNc1cc(F)c(NS(=O)(=O)c2ccccc2Cl)c(F)c1. The fourth-order valence-corrected chi connectivity index (χ4v) is 3.20. The summed E-state index contributed by atoms with van der Waals surface area (Å²) in [5, 5.41) is -0.0638. The van der Waals surface area contributed by atoms with E-state index < -0.39 is 27.3 Å². The third-order valence-corrected chi connectivity index (χ3v) is 4.42. The maximum atomic E-state index is 13.7. The van der Waals surface area contributed by atoms with Crippen molar-refractivity contribution >= 4 is 33.0 Å². The molecule has 21 heavy (non-hydrogen) atoms. The quantitative estimate of drug-likeness (QED) is 0.593. The number of benzene rings is 2. The number of halogens is 3. The monoisotopic (exact) mass is 333 g/mol. The Morgan fingerprint density at radius 2 is 1.67 bits per heavy atom. The zero-order valence-electron chi connectivity index (χ0n) is 10.4. The van der Waals surface area contributed by atoms with E-state index in [0.29, 0.717) is 0 Å². The Morgan fingerprint density at radius 3 is 2.19 bits per heavy atom. The highest BCUT2D eigenvalue weighted by Gasteiger charge is 2.22. The van der Waals surface area contributed by atoms with Crippen LogP contribution in [0.5, 0.6) is 0 Å². The summed E-state index contributed by atoms with van der Waals surface area (Å²) < 4.78 is 53.6. The van der Waals surface area contributed by atoms with Gasteiger partial charge in [-0.1, -0.05) is 23.7 Å². The van der Waals surface area contributed by atoms with Crippen molar-refractivity contribution in [3.05, 3.63) is 53.1 Å². The second-order valence-corrected chi connectivity index (χ2v) is 6.05. The van der Waals surface area contributed by atoms with Gasteiger partial charge >= 0.3 is 0 Å². The highest BCUT2D eigenvalue weighted by atomic mass is 35.5. The predicted octanol–water partition coefficient (Wildman–Crippen LogP) is 2.70. The topological polar surface area (TPSA) is 84.2 Å². The molecule has 0 spiro atoms. The van der Waals surface area contributed by atoms with E-state index in [-0.39, 0.29) is 15.6 Å². The lowest BCUT2D eigenvalue weighted by molar-refractivity contribution is 0.583. The third-order valence-electron chi connectivity index (χ3n) is 2.57. The molecule has 2 aromatic rings. The van der Waals surface area contributed by atoms with Gasteiger partial charge in [0.2, 0.25) is 0 Å². The first-order valence-corrected chi connectivity index (χ1v) is 7.44. The molecule has 5 nitrogen and oxygen atoms in total. The predicted molar refractivity (Wildman–Crippen MR) is 76.4 cm³/mol. The van der Waals surface area contributed by atoms with Crippen LogP contribution in [0.25, 0.3) is 0 Å². The molecule has 9 heteroatoms. The minimum Gasteiger partial charge on any atom is -0.324 e. The lowest BCUT2D eigenvalue weighted by Crippen LogP contribution is -2.16. The van der Waals surface area contributed by atoms with Gasteiger partial charge in [0, 0.05) is 12.1 Å². The van der Waals surface area contributed by atoms with Crippen LogP contribution >= 0.6 is 11.6 Å². The Morgan fingerprint density at radius 1 is 1.10 bits per heavy atom. The van der Waals surface area contributed by atoms with Crippen molar-refractivity contribution in [3.63, 3.8) is 0 Å². The van der Waals surface area contributed by atoms with Crippen LogP contribution in [0.1, 0.15) is 0 Å². The highest BCUT2D eigenvalue weighted by Crippen LogP contribution is 2.28. The van der Waals surface area contributed by atoms with Crippen molar-refractivity contribution in [2.24, 2.45) is 5.84 Å². The molecule has 0 aliphatic heterocycles. The number of sulfonamides is 1. The molecule has 2 rings (SSSR count). The average molecular weight is 334 g/mol. The summed E-state index contributed by atoms with van der Waals surface area (Å²) in [7, 11) is -4.22. The summed E-state index contributed by atoms with van der Waals surface area (Å²) in [5.74, 6) is 2.81. The Balaban J connectivity index is 2.45. The second-order valence-electron chi connectivity index (χ2n) is 4.00. The van der Waals surface area contributed by atoms with Crippen molar-refractivity contribution in [2.45, 2.75) is 4.90 Å². The lowest BCUT2D eigenvalue weighted by atomic mass is 10.2. The maximum absolute atomic E-state index is 13.7. The first kappa shape index (κ1) is 15.5. The van der Waals surface area contributed by atoms with Gasteiger partial charge in [-0.25, -0.2) is 17.2 Å². The molecule has 0 unspecified atom stereocenters. The van der Waals surface area contributed by atoms with Crippen LogP contribution in [-0.2, 0) is 10.0 Å². The third kappa shape index (κ3) is 3.23. The summed E-state index contributed by atoms with van der Waals surface area (Å²) in [6.07, 6.45) is 0. The summed E-state index contributed by atoms with van der Waals surface area (Å²) in [4.78, 5) is -0.286. The van der Waals surface area contributed by atoms with Crippen molar-refractivity contribution in [2.75, 3.05) is 10.1 Å². The number of nitrogen functional groups attached to an aromatic ring is 1. The maximum Gasteiger partial charge on any atom is 0.263 e. The van der Waals surface area contributed by atoms with Crippen LogP contribution < -0.4 is 16.0 Å². The van der Waals surface area contributed by atoms with Gasteiger partial charge < -0.3 is 5.43 Å². The number of hydrogen-bond donors (Lipinski definition) is 3. The first-order chi connectivity index (χ1) is 9.85. The van der Waals surface area contributed by atoms with E-state index in [9.17, 15) is 17.2 Å². The van der Waals surface area contributed by atoms with Gasteiger partial charge in [0.1, 0.15) is 10.6 Å². The molecule has 0 amide bonds. The molecule has 4 N–H and O–H groups in total. The lowest BCUT2D eigenvalue weighted by Gasteiger charge is -2.12. The van der Waals surface area contributed by atoms with Crippen LogP contribution in [0.4, 0.5) is 20.2 Å². The van der Waals surface area contributed by atoms with Gasteiger partial charge in [0.15, 0.2) is 11.6 Å². The number of rotatable bonds is 4. The first-order valence-electron chi connectivity index (χ1n) is 5.58. The molecule has 2 aromatic carbocycles. The molecule has 0 aliphatic rings. The molecular weight excluding hydrogens is 324 g/mol. The van der Waals surface area contributed by atoms with E-state index in [1.165, 1.54) is 24.3 Å². The zero-order chi connectivity index (χ0) is 15.6. The van der Waals surface area contributed by atoms with Gasteiger partial charge in [-0.3, -0.25) is 10.6 Å². The Bertz CT molecular complexity index is 761. The number of hydrogen-bond acceptors (Lipinski definition) is 4. The average Bonchev–Trinajstić information content (AvgIpc) is 2.43. The number of anilines is 2. The molecule has 0 fully saturated rings. The number of nitrogens with one attached hydrogen (secondary N) is 2. The standard InChI is InChI=1S/C12H10ClF2N3O2S/c13-8-3-1-2-4-11(8)21(19,20)18-12-9(14)5-7(17-16)6-10(12)15/h1-6,17-18H,16H2. The van der Waals surface area contributed by atoms with Crippen LogP contribution in [0.15, 0.2) is 41.3 Å². The van der Waals surface area contributed by atoms with Crippen molar-refractivity contribution < 1.29 is 17.2 Å². The zero-order valence-corrected chi connectivity index (χ0v) is 12.0. The molecule has 0 aliphatic carbocycles. The largest absolute Gasteiger partial charge is 0.324 e. The minimum atomic E-state index is -4.22. The summed E-state index contributed by atoms with van der Waals surface area (Å²) in [5.41, 5.74) is 1.21. The van der Waals surface area contributed by atoms with E-state index >= 15 is 0 Å². The van der Waals surface area contributed by atoms with E-state index in [1.807, 2.05) is 4.72 Å². The molecule has 0 atom stereocenters. The number of hydrazine groups is 1. The van der Waals surface area contributed by atoms with E-state index in [4.69, 9.17) is 17.4 Å². The Labute approximate surface area is 124 Å². The Kier molecular flexibility index (Phi) is 4.31. The molecular formula is C12H10ClF2N3O2S. The van der Waals surface area contributed by atoms with Crippen molar-refractivity contribution in [1.82, 2.24) is 0 Å². The fourth-order valence-electron chi connectivity index (χ4n) is 1.61. The summed E-state index contributed by atoms with van der Waals surface area (Å²) >= 11 is 5.77. The van der Waals surface area contributed by atoms with Crippen LogP contribution in [0, 0.1) is 11.6 Å².